The maximum absolute atomic E-state index is 5.04. The Morgan fingerprint density at radius 3 is 2.43 bits per heavy atom. The molecule has 0 radical (unpaired) electrons. The van der Waals surface area contributed by atoms with Crippen LogP contribution in [0.4, 0.5) is 0 Å². The summed E-state index contributed by atoms with van der Waals surface area (Å²) in [5.74, 6) is 1.46. The molecular weight excluding hydrogens is 180 g/mol. The molecule has 0 unspecified atom stereocenters. The van der Waals surface area contributed by atoms with Crippen LogP contribution < -0.4 is 4.74 Å². The van der Waals surface area contributed by atoms with Gasteiger partial charge in [-0.2, -0.15) is 0 Å². The number of aromatic nitrogens is 4. The van der Waals surface area contributed by atoms with E-state index in [4.69, 9.17) is 4.74 Å². The summed E-state index contributed by atoms with van der Waals surface area (Å²) in [7, 11) is 1.63. The fourth-order valence-corrected chi connectivity index (χ4v) is 1.11. The molecule has 14 heavy (non-hydrogen) atoms. The van der Waals surface area contributed by atoms with Crippen LogP contribution in [0.3, 0.4) is 0 Å². The fraction of sp³-hybridized carbons (Fsp3) is 0.222. The lowest BCUT2D eigenvalue weighted by molar-refractivity contribution is 0.414. The van der Waals surface area contributed by atoms with Crippen LogP contribution in [-0.4, -0.2) is 27.3 Å². The first kappa shape index (κ1) is 8.68. The van der Waals surface area contributed by atoms with Gasteiger partial charge in [0.15, 0.2) is 5.82 Å². The number of rotatable bonds is 2. The maximum atomic E-state index is 5.04. The van der Waals surface area contributed by atoms with Gasteiger partial charge in [0.2, 0.25) is 0 Å². The Hall–Kier alpha value is -1.91. The van der Waals surface area contributed by atoms with Gasteiger partial charge in [-0.05, 0) is 36.4 Å². The quantitative estimate of drug-likeness (QED) is 0.708. The second kappa shape index (κ2) is 3.45. The number of nitrogens with zero attached hydrogens (tertiary/aromatic N) is 4. The summed E-state index contributed by atoms with van der Waals surface area (Å²) < 4.78 is 5.04. The Kier molecular flexibility index (Phi) is 2.14. The first-order valence-corrected chi connectivity index (χ1v) is 4.20. The van der Waals surface area contributed by atoms with Crippen molar-refractivity contribution in [1.82, 2.24) is 20.2 Å². The van der Waals surface area contributed by atoms with Gasteiger partial charge in [0.05, 0.1) is 12.8 Å². The minimum Gasteiger partial charge on any atom is -0.497 e. The highest BCUT2D eigenvalue weighted by Gasteiger charge is 2.00. The van der Waals surface area contributed by atoms with Gasteiger partial charge < -0.3 is 4.74 Å². The third kappa shape index (κ3) is 1.56. The lowest BCUT2D eigenvalue weighted by Gasteiger charge is -2.00. The van der Waals surface area contributed by atoms with Crippen molar-refractivity contribution in [1.29, 1.82) is 0 Å². The van der Waals surface area contributed by atoms with E-state index in [1.54, 1.807) is 14.0 Å². The Balaban J connectivity index is 2.33. The summed E-state index contributed by atoms with van der Waals surface area (Å²) in [6.45, 7) is 1.80. The Morgan fingerprint density at radius 1 is 1.21 bits per heavy atom. The second-order valence-corrected chi connectivity index (χ2v) is 2.82. The normalized spacial score (nSPS) is 10.1. The molecule has 72 valence electrons. The van der Waals surface area contributed by atoms with Crippen molar-refractivity contribution in [3.05, 3.63) is 30.1 Å². The molecule has 5 heteroatoms. The Morgan fingerprint density at radius 2 is 1.93 bits per heavy atom. The highest BCUT2D eigenvalue weighted by atomic mass is 16.5. The average molecular weight is 190 g/mol. The SMILES string of the molecule is COc1ccc(-n2nnc(C)n2)cc1. The second-order valence-electron chi connectivity index (χ2n) is 2.82. The van der Waals surface area contributed by atoms with Crippen molar-refractivity contribution >= 4 is 0 Å². The number of tetrazole rings is 1. The van der Waals surface area contributed by atoms with Crippen molar-refractivity contribution < 1.29 is 4.74 Å². The molecule has 1 aromatic carbocycles. The molecule has 0 fully saturated rings. The van der Waals surface area contributed by atoms with Crippen molar-refractivity contribution in [2.24, 2.45) is 0 Å². The number of aryl methyl sites for hydroxylation is 1. The maximum Gasteiger partial charge on any atom is 0.172 e. The van der Waals surface area contributed by atoms with Gasteiger partial charge in [-0.1, -0.05) is 0 Å². The number of methoxy groups -OCH3 is 1. The largest absolute Gasteiger partial charge is 0.497 e. The molecule has 0 spiro atoms. The number of benzene rings is 1. The summed E-state index contributed by atoms with van der Waals surface area (Å²) in [5, 5.41) is 11.8. The molecule has 0 atom stereocenters. The fourth-order valence-electron chi connectivity index (χ4n) is 1.11. The van der Waals surface area contributed by atoms with E-state index in [9.17, 15) is 0 Å². The van der Waals surface area contributed by atoms with Gasteiger partial charge in [0.1, 0.15) is 5.75 Å². The molecule has 0 bridgehead atoms. The lowest BCUT2D eigenvalue weighted by Crippen LogP contribution is -1.98. The van der Waals surface area contributed by atoms with Gasteiger partial charge in [-0.3, -0.25) is 0 Å². The van der Waals surface area contributed by atoms with Crippen molar-refractivity contribution in [2.75, 3.05) is 7.11 Å². The highest BCUT2D eigenvalue weighted by Crippen LogP contribution is 2.12. The molecule has 1 heterocycles. The molecule has 0 aliphatic heterocycles. The van der Waals surface area contributed by atoms with Crippen LogP contribution in [0, 0.1) is 6.92 Å². The molecule has 0 aliphatic rings. The van der Waals surface area contributed by atoms with Crippen LogP contribution in [0.1, 0.15) is 5.82 Å². The van der Waals surface area contributed by atoms with Crippen molar-refractivity contribution in [3.63, 3.8) is 0 Å². The molecule has 0 saturated carbocycles. The van der Waals surface area contributed by atoms with Gasteiger partial charge in [-0.25, -0.2) is 0 Å². The zero-order valence-electron chi connectivity index (χ0n) is 8.01. The van der Waals surface area contributed by atoms with Crippen LogP contribution in [0.25, 0.3) is 5.69 Å². The van der Waals surface area contributed by atoms with E-state index in [0.717, 1.165) is 11.4 Å². The summed E-state index contributed by atoms with van der Waals surface area (Å²) >= 11 is 0. The molecule has 1 aromatic heterocycles. The van der Waals surface area contributed by atoms with E-state index >= 15 is 0 Å². The minimum absolute atomic E-state index is 0.654. The van der Waals surface area contributed by atoms with Crippen molar-refractivity contribution in [2.45, 2.75) is 6.92 Å². The van der Waals surface area contributed by atoms with Crippen LogP contribution in [0.2, 0.25) is 0 Å². The Bertz CT molecular complexity index is 421. The first-order chi connectivity index (χ1) is 6.79. The summed E-state index contributed by atoms with van der Waals surface area (Å²) in [6, 6.07) is 7.46. The van der Waals surface area contributed by atoms with Gasteiger partial charge in [0, 0.05) is 0 Å². The molecule has 0 amide bonds. The predicted octanol–water partition coefficient (Wildman–Crippen LogP) is 0.979. The minimum atomic E-state index is 0.654. The van der Waals surface area contributed by atoms with Gasteiger partial charge in [-0.15, -0.1) is 15.0 Å². The third-order valence-electron chi connectivity index (χ3n) is 1.82. The van der Waals surface area contributed by atoms with Crippen LogP contribution in [-0.2, 0) is 0 Å². The van der Waals surface area contributed by atoms with Gasteiger partial charge in [0.25, 0.3) is 0 Å². The standard InChI is InChI=1S/C9H10N4O/c1-7-10-12-13(11-7)8-3-5-9(14-2)6-4-8/h3-6H,1-2H3. The summed E-state index contributed by atoms with van der Waals surface area (Å²) in [4.78, 5) is 1.48. The van der Waals surface area contributed by atoms with E-state index < -0.39 is 0 Å². The van der Waals surface area contributed by atoms with Gasteiger partial charge >= 0.3 is 0 Å². The lowest BCUT2D eigenvalue weighted by atomic mass is 10.3. The smallest absolute Gasteiger partial charge is 0.172 e. The third-order valence-corrected chi connectivity index (χ3v) is 1.82. The monoisotopic (exact) mass is 190 g/mol. The van der Waals surface area contributed by atoms with E-state index in [1.807, 2.05) is 24.3 Å². The van der Waals surface area contributed by atoms with Crippen LogP contribution in [0.5, 0.6) is 5.75 Å². The van der Waals surface area contributed by atoms with Crippen LogP contribution >= 0.6 is 0 Å². The highest BCUT2D eigenvalue weighted by molar-refractivity contribution is 5.35. The molecule has 0 N–H and O–H groups in total. The van der Waals surface area contributed by atoms with Crippen molar-refractivity contribution in [3.8, 4) is 11.4 Å². The predicted molar refractivity (Wildman–Crippen MR) is 50.4 cm³/mol. The van der Waals surface area contributed by atoms with Crippen LogP contribution in [0.15, 0.2) is 24.3 Å². The Labute approximate surface area is 81.3 Å². The van der Waals surface area contributed by atoms with E-state index in [1.165, 1.54) is 4.80 Å². The molecule has 2 aromatic rings. The number of ether oxygens (including phenoxy) is 1. The van der Waals surface area contributed by atoms with E-state index in [2.05, 4.69) is 15.4 Å². The molecule has 0 aliphatic carbocycles. The first-order valence-electron chi connectivity index (χ1n) is 4.20. The topological polar surface area (TPSA) is 52.8 Å². The zero-order chi connectivity index (χ0) is 9.97. The molecule has 0 saturated heterocycles. The van der Waals surface area contributed by atoms with E-state index in [0.29, 0.717) is 5.82 Å². The van der Waals surface area contributed by atoms with E-state index in [-0.39, 0.29) is 0 Å². The zero-order valence-corrected chi connectivity index (χ0v) is 8.01. The average Bonchev–Trinajstić information content (AvgIpc) is 2.65. The summed E-state index contributed by atoms with van der Waals surface area (Å²) in [5.41, 5.74) is 0.867. The molecule has 5 nitrogen and oxygen atoms in total. The molecular formula is C9H10N4O. The number of hydrogen-bond donors (Lipinski definition) is 0. The summed E-state index contributed by atoms with van der Waals surface area (Å²) in [6.07, 6.45) is 0. The number of hydrogen-bond acceptors (Lipinski definition) is 4. The molecule has 2 rings (SSSR count).